The molecule has 82 valence electrons. The molecule has 1 aromatic rings. The Balaban J connectivity index is 1.92. The predicted molar refractivity (Wildman–Crippen MR) is 56.8 cm³/mol. The van der Waals surface area contributed by atoms with Crippen LogP contribution in [-0.4, -0.2) is 29.0 Å². The molecule has 1 aliphatic rings. The van der Waals surface area contributed by atoms with E-state index >= 15 is 0 Å². The van der Waals surface area contributed by atoms with E-state index < -0.39 is 6.10 Å². The van der Waals surface area contributed by atoms with Gasteiger partial charge in [0.25, 0.3) is 0 Å². The minimum atomic E-state index is -0.433. The van der Waals surface area contributed by atoms with Gasteiger partial charge in [0.15, 0.2) is 0 Å². The van der Waals surface area contributed by atoms with Gasteiger partial charge in [0, 0.05) is 13.0 Å². The highest BCUT2D eigenvalue weighted by molar-refractivity contribution is 5.26. The maximum absolute atomic E-state index is 9.88. The number of phenols is 1. The Labute approximate surface area is 89.3 Å². The van der Waals surface area contributed by atoms with E-state index in [1.807, 2.05) is 12.1 Å². The summed E-state index contributed by atoms with van der Waals surface area (Å²) in [7, 11) is 0. The molecule has 0 aliphatic carbocycles. The Kier molecular flexibility index (Phi) is 3.23. The van der Waals surface area contributed by atoms with E-state index in [-0.39, 0.29) is 11.9 Å². The lowest BCUT2D eigenvalue weighted by atomic mass is 10.0. The number of aromatic hydroxyl groups is 1. The van der Waals surface area contributed by atoms with Crippen molar-refractivity contribution in [2.75, 3.05) is 6.61 Å². The van der Waals surface area contributed by atoms with Gasteiger partial charge in [-0.05, 0) is 30.5 Å². The van der Waals surface area contributed by atoms with Gasteiger partial charge in [0.1, 0.15) is 5.75 Å². The Hall–Kier alpha value is -1.06. The van der Waals surface area contributed by atoms with Crippen molar-refractivity contribution >= 4 is 0 Å². The maximum atomic E-state index is 9.88. The zero-order valence-corrected chi connectivity index (χ0v) is 8.60. The van der Waals surface area contributed by atoms with E-state index in [1.165, 1.54) is 0 Å². The van der Waals surface area contributed by atoms with Crippen LogP contribution in [0.15, 0.2) is 24.3 Å². The first-order valence-electron chi connectivity index (χ1n) is 5.33. The molecule has 1 saturated heterocycles. The van der Waals surface area contributed by atoms with Gasteiger partial charge in [-0.1, -0.05) is 12.1 Å². The minimum absolute atomic E-state index is 0.0150. The minimum Gasteiger partial charge on any atom is -0.508 e. The van der Waals surface area contributed by atoms with Crippen LogP contribution in [0.4, 0.5) is 0 Å². The Morgan fingerprint density at radius 1 is 1.33 bits per heavy atom. The van der Waals surface area contributed by atoms with Gasteiger partial charge < -0.3 is 14.9 Å². The highest BCUT2D eigenvalue weighted by Gasteiger charge is 2.23. The van der Waals surface area contributed by atoms with E-state index in [0.29, 0.717) is 6.42 Å². The summed E-state index contributed by atoms with van der Waals surface area (Å²) < 4.78 is 5.41. The molecule has 2 unspecified atom stereocenters. The lowest BCUT2D eigenvalue weighted by molar-refractivity contribution is -0.000776. The van der Waals surface area contributed by atoms with Crippen molar-refractivity contribution in [2.45, 2.75) is 31.5 Å². The molecule has 15 heavy (non-hydrogen) atoms. The number of phenolic OH excluding ortho intramolecular Hbond substituents is 1. The number of aliphatic hydroxyl groups is 1. The molecule has 3 heteroatoms. The standard InChI is InChI=1S/C12H16O3/c13-10-5-3-9(4-6-10)8-11(14)12-2-1-7-15-12/h3-6,11-14H,1-2,7-8H2. The predicted octanol–water partition coefficient (Wildman–Crippen LogP) is 1.47. The first-order valence-corrected chi connectivity index (χ1v) is 5.33. The van der Waals surface area contributed by atoms with Crippen LogP contribution in [0.3, 0.4) is 0 Å². The van der Waals surface area contributed by atoms with Crippen molar-refractivity contribution < 1.29 is 14.9 Å². The molecule has 1 aromatic carbocycles. The van der Waals surface area contributed by atoms with Crippen LogP contribution in [0.2, 0.25) is 0 Å². The smallest absolute Gasteiger partial charge is 0.115 e. The largest absolute Gasteiger partial charge is 0.508 e. The molecule has 0 aromatic heterocycles. The van der Waals surface area contributed by atoms with Crippen LogP contribution in [0.1, 0.15) is 18.4 Å². The maximum Gasteiger partial charge on any atom is 0.115 e. The lowest BCUT2D eigenvalue weighted by Gasteiger charge is -2.17. The van der Waals surface area contributed by atoms with Crippen LogP contribution in [-0.2, 0) is 11.2 Å². The molecule has 0 spiro atoms. The zero-order chi connectivity index (χ0) is 10.7. The number of ether oxygens (including phenoxy) is 1. The molecule has 2 N–H and O–H groups in total. The Morgan fingerprint density at radius 2 is 2.07 bits per heavy atom. The molecular formula is C12H16O3. The second-order valence-corrected chi connectivity index (χ2v) is 3.99. The fraction of sp³-hybridized carbons (Fsp3) is 0.500. The summed E-state index contributed by atoms with van der Waals surface area (Å²) in [5, 5.41) is 19.0. The van der Waals surface area contributed by atoms with Crippen LogP contribution in [0, 0.1) is 0 Å². The second-order valence-electron chi connectivity index (χ2n) is 3.99. The van der Waals surface area contributed by atoms with Gasteiger partial charge in [-0.15, -0.1) is 0 Å². The third kappa shape index (κ3) is 2.70. The molecule has 0 bridgehead atoms. The number of hydrogen-bond donors (Lipinski definition) is 2. The second kappa shape index (κ2) is 4.64. The Morgan fingerprint density at radius 3 is 2.67 bits per heavy atom. The van der Waals surface area contributed by atoms with Gasteiger partial charge in [-0.2, -0.15) is 0 Å². The topological polar surface area (TPSA) is 49.7 Å². The summed E-state index contributed by atoms with van der Waals surface area (Å²) >= 11 is 0. The summed E-state index contributed by atoms with van der Waals surface area (Å²) in [6, 6.07) is 6.93. The molecule has 2 rings (SSSR count). The van der Waals surface area contributed by atoms with Crippen LogP contribution < -0.4 is 0 Å². The molecule has 1 aliphatic heterocycles. The van der Waals surface area contributed by atoms with Gasteiger partial charge in [0.2, 0.25) is 0 Å². The summed E-state index contributed by atoms with van der Waals surface area (Å²) in [5.41, 5.74) is 1.02. The first kappa shape index (κ1) is 10.5. The molecular weight excluding hydrogens is 192 g/mol. The number of aliphatic hydroxyl groups excluding tert-OH is 1. The van der Waals surface area contributed by atoms with Gasteiger partial charge in [-0.3, -0.25) is 0 Å². The molecule has 3 nitrogen and oxygen atoms in total. The van der Waals surface area contributed by atoms with Gasteiger partial charge in [0.05, 0.1) is 12.2 Å². The highest BCUT2D eigenvalue weighted by atomic mass is 16.5. The van der Waals surface area contributed by atoms with Gasteiger partial charge in [-0.25, -0.2) is 0 Å². The van der Waals surface area contributed by atoms with Gasteiger partial charge >= 0.3 is 0 Å². The average molecular weight is 208 g/mol. The number of benzene rings is 1. The van der Waals surface area contributed by atoms with Crippen LogP contribution in [0.5, 0.6) is 5.75 Å². The lowest BCUT2D eigenvalue weighted by Crippen LogP contribution is -2.27. The van der Waals surface area contributed by atoms with Crippen molar-refractivity contribution in [3.63, 3.8) is 0 Å². The highest BCUT2D eigenvalue weighted by Crippen LogP contribution is 2.19. The van der Waals surface area contributed by atoms with E-state index in [0.717, 1.165) is 25.0 Å². The molecule has 0 radical (unpaired) electrons. The Bertz CT molecular complexity index is 301. The molecule has 1 fully saturated rings. The fourth-order valence-corrected chi connectivity index (χ4v) is 1.91. The summed E-state index contributed by atoms with van der Waals surface area (Å²) in [6.45, 7) is 0.761. The zero-order valence-electron chi connectivity index (χ0n) is 8.60. The normalized spacial score (nSPS) is 22.9. The average Bonchev–Trinajstić information content (AvgIpc) is 2.74. The number of hydrogen-bond acceptors (Lipinski definition) is 3. The van der Waals surface area contributed by atoms with E-state index in [9.17, 15) is 5.11 Å². The molecule has 1 heterocycles. The van der Waals surface area contributed by atoms with E-state index in [4.69, 9.17) is 9.84 Å². The van der Waals surface area contributed by atoms with Crippen LogP contribution >= 0.6 is 0 Å². The third-order valence-electron chi connectivity index (χ3n) is 2.78. The summed E-state index contributed by atoms with van der Waals surface area (Å²) in [6.07, 6.45) is 2.12. The fourth-order valence-electron chi connectivity index (χ4n) is 1.91. The summed E-state index contributed by atoms with van der Waals surface area (Å²) in [5.74, 6) is 0.255. The molecule has 0 saturated carbocycles. The van der Waals surface area contributed by atoms with E-state index in [1.54, 1.807) is 12.1 Å². The molecule has 2 atom stereocenters. The SMILES string of the molecule is Oc1ccc(CC(O)C2CCCO2)cc1. The van der Waals surface area contributed by atoms with Crippen molar-refractivity contribution in [2.24, 2.45) is 0 Å². The first-order chi connectivity index (χ1) is 7.25. The monoisotopic (exact) mass is 208 g/mol. The van der Waals surface area contributed by atoms with Crippen molar-refractivity contribution in [1.82, 2.24) is 0 Å². The molecule has 0 amide bonds. The summed E-state index contributed by atoms with van der Waals surface area (Å²) in [4.78, 5) is 0. The third-order valence-corrected chi connectivity index (χ3v) is 2.78. The number of rotatable bonds is 3. The quantitative estimate of drug-likeness (QED) is 0.791. The van der Waals surface area contributed by atoms with Crippen molar-refractivity contribution in [1.29, 1.82) is 0 Å². The van der Waals surface area contributed by atoms with Crippen molar-refractivity contribution in [3.8, 4) is 5.75 Å². The van der Waals surface area contributed by atoms with Crippen LogP contribution in [0.25, 0.3) is 0 Å². The van der Waals surface area contributed by atoms with E-state index in [2.05, 4.69) is 0 Å². The van der Waals surface area contributed by atoms with Crippen molar-refractivity contribution in [3.05, 3.63) is 29.8 Å².